The van der Waals surface area contributed by atoms with Crippen LogP contribution in [0.25, 0.3) is 0 Å². The number of hydrogen-bond donors (Lipinski definition) is 0. The smallest absolute Gasteiger partial charge is 0.129 e. The Bertz CT molecular complexity index is 169. The van der Waals surface area contributed by atoms with E-state index in [4.69, 9.17) is 4.74 Å². The van der Waals surface area contributed by atoms with Crippen LogP contribution in [-0.4, -0.2) is 18.5 Å². The molecule has 2 heteroatoms. The van der Waals surface area contributed by atoms with Gasteiger partial charge in [-0.15, -0.1) is 0 Å². The first kappa shape index (κ1) is 12.7. The highest BCUT2D eigenvalue weighted by molar-refractivity contribution is 5.75. The van der Waals surface area contributed by atoms with E-state index in [0.717, 1.165) is 19.4 Å². The second-order valence-corrected chi connectivity index (χ2v) is 4.64. The van der Waals surface area contributed by atoms with Crippen molar-refractivity contribution in [2.45, 2.75) is 70.8 Å². The van der Waals surface area contributed by atoms with Crippen molar-refractivity contribution in [3.05, 3.63) is 0 Å². The SMILES string of the molecule is CC(=O)CCCCOC1CCCCCC1. The lowest BCUT2D eigenvalue weighted by atomic mass is 10.1. The average Bonchev–Trinajstić information content (AvgIpc) is 2.45. The molecule has 0 aliphatic heterocycles. The number of hydrogen-bond acceptors (Lipinski definition) is 2. The molecule has 88 valence electrons. The highest BCUT2D eigenvalue weighted by Gasteiger charge is 2.11. The van der Waals surface area contributed by atoms with Gasteiger partial charge < -0.3 is 9.53 Å². The van der Waals surface area contributed by atoms with Crippen LogP contribution >= 0.6 is 0 Å². The first-order valence-electron chi connectivity index (χ1n) is 6.40. The number of ether oxygens (including phenoxy) is 1. The van der Waals surface area contributed by atoms with E-state index >= 15 is 0 Å². The van der Waals surface area contributed by atoms with Gasteiger partial charge in [0, 0.05) is 13.0 Å². The fourth-order valence-corrected chi connectivity index (χ4v) is 2.13. The molecule has 0 radical (unpaired) electrons. The molecule has 1 fully saturated rings. The maximum Gasteiger partial charge on any atom is 0.129 e. The second kappa shape index (κ2) is 7.86. The van der Waals surface area contributed by atoms with Crippen molar-refractivity contribution in [2.24, 2.45) is 0 Å². The summed E-state index contributed by atoms with van der Waals surface area (Å²) in [6, 6.07) is 0. The summed E-state index contributed by atoms with van der Waals surface area (Å²) in [6.07, 6.45) is 11.2. The molecule has 0 spiro atoms. The fraction of sp³-hybridized carbons (Fsp3) is 0.923. The molecule has 0 aromatic heterocycles. The highest BCUT2D eigenvalue weighted by atomic mass is 16.5. The quantitative estimate of drug-likeness (QED) is 0.497. The van der Waals surface area contributed by atoms with Crippen LogP contribution in [0.5, 0.6) is 0 Å². The Balaban J connectivity index is 1.96. The van der Waals surface area contributed by atoms with Gasteiger partial charge in [-0.25, -0.2) is 0 Å². The second-order valence-electron chi connectivity index (χ2n) is 4.64. The Labute approximate surface area is 93.4 Å². The molecule has 0 aromatic carbocycles. The van der Waals surface area contributed by atoms with Gasteiger partial charge in [0.2, 0.25) is 0 Å². The molecule has 0 heterocycles. The van der Waals surface area contributed by atoms with E-state index in [9.17, 15) is 4.79 Å². The lowest BCUT2D eigenvalue weighted by molar-refractivity contribution is -0.117. The van der Waals surface area contributed by atoms with Crippen LogP contribution in [0.3, 0.4) is 0 Å². The van der Waals surface area contributed by atoms with Crippen molar-refractivity contribution in [2.75, 3.05) is 6.61 Å². The molecule has 2 nitrogen and oxygen atoms in total. The van der Waals surface area contributed by atoms with Crippen molar-refractivity contribution in [3.8, 4) is 0 Å². The third kappa shape index (κ3) is 6.67. The zero-order valence-electron chi connectivity index (χ0n) is 9.96. The van der Waals surface area contributed by atoms with Gasteiger partial charge in [-0.3, -0.25) is 0 Å². The van der Waals surface area contributed by atoms with Crippen LogP contribution in [0.2, 0.25) is 0 Å². The van der Waals surface area contributed by atoms with E-state index in [2.05, 4.69) is 0 Å². The average molecular weight is 212 g/mol. The van der Waals surface area contributed by atoms with Crippen LogP contribution < -0.4 is 0 Å². The molecule has 1 rings (SSSR count). The van der Waals surface area contributed by atoms with Crippen molar-refractivity contribution in [3.63, 3.8) is 0 Å². The summed E-state index contributed by atoms with van der Waals surface area (Å²) in [7, 11) is 0. The Morgan fingerprint density at radius 2 is 1.80 bits per heavy atom. The van der Waals surface area contributed by atoms with Crippen molar-refractivity contribution in [1.29, 1.82) is 0 Å². The lowest BCUT2D eigenvalue weighted by Gasteiger charge is -2.14. The molecule has 0 bridgehead atoms. The molecule has 0 atom stereocenters. The van der Waals surface area contributed by atoms with Crippen molar-refractivity contribution >= 4 is 5.78 Å². The van der Waals surface area contributed by atoms with Crippen LogP contribution in [-0.2, 0) is 9.53 Å². The van der Waals surface area contributed by atoms with Gasteiger partial charge in [0.1, 0.15) is 5.78 Å². The molecule has 15 heavy (non-hydrogen) atoms. The Morgan fingerprint density at radius 1 is 1.13 bits per heavy atom. The zero-order chi connectivity index (χ0) is 10.9. The maximum absolute atomic E-state index is 10.7. The predicted octanol–water partition coefficient (Wildman–Crippen LogP) is 3.49. The Morgan fingerprint density at radius 3 is 2.40 bits per heavy atom. The summed E-state index contributed by atoms with van der Waals surface area (Å²) in [4.78, 5) is 10.7. The maximum atomic E-state index is 10.7. The van der Waals surface area contributed by atoms with Crippen LogP contribution in [0.1, 0.15) is 64.7 Å². The summed E-state index contributed by atoms with van der Waals surface area (Å²) in [5, 5.41) is 0. The molecule has 1 saturated carbocycles. The summed E-state index contributed by atoms with van der Waals surface area (Å²) < 4.78 is 5.83. The molecule has 0 saturated heterocycles. The van der Waals surface area contributed by atoms with E-state index in [1.165, 1.54) is 38.5 Å². The van der Waals surface area contributed by atoms with Gasteiger partial charge in [0.05, 0.1) is 6.10 Å². The summed E-state index contributed by atoms with van der Waals surface area (Å²) in [5.41, 5.74) is 0. The van der Waals surface area contributed by atoms with Crippen LogP contribution in [0.15, 0.2) is 0 Å². The van der Waals surface area contributed by atoms with Gasteiger partial charge in [0.25, 0.3) is 0 Å². The van der Waals surface area contributed by atoms with Crippen LogP contribution in [0.4, 0.5) is 0 Å². The Hall–Kier alpha value is -0.370. The standard InChI is InChI=1S/C13H24O2/c1-12(14)8-6-7-11-15-13-9-4-2-3-5-10-13/h13H,2-11H2,1H3. The van der Waals surface area contributed by atoms with E-state index in [0.29, 0.717) is 18.3 Å². The number of unbranched alkanes of at least 4 members (excludes halogenated alkanes) is 1. The van der Waals surface area contributed by atoms with Crippen LogP contribution in [0, 0.1) is 0 Å². The van der Waals surface area contributed by atoms with Gasteiger partial charge >= 0.3 is 0 Å². The first-order chi connectivity index (χ1) is 7.29. The normalized spacial score (nSPS) is 18.7. The van der Waals surface area contributed by atoms with E-state index in [1.54, 1.807) is 6.92 Å². The third-order valence-corrected chi connectivity index (χ3v) is 3.08. The van der Waals surface area contributed by atoms with Gasteiger partial charge in [-0.1, -0.05) is 25.7 Å². The molecule has 0 N–H and O–H groups in total. The van der Waals surface area contributed by atoms with Crippen molar-refractivity contribution < 1.29 is 9.53 Å². The number of ketones is 1. The van der Waals surface area contributed by atoms with Gasteiger partial charge in [0.15, 0.2) is 0 Å². The minimum absolute atomic E-state index is 0.296. The molecule has 0 amide bonds. The number of carbonyl (C=O) groups excluding carboxylic acids is 1. The summed E-state index contributed by atoms with van der Waals surface area (Å²) in [5.74, 6) is 0.296. The van der Waals surface area contributed by atoms with Gasteiger partial charge in [-0.05, 0) is 32.6 Å². The number of carbonyl (C=O) groups is 1. The van der Waals surface area contributed by atoms with E-state index in [-0.39, 0.29) is 0 Å². The topological polar surface area (TPSA) is 26.3 Å². The molecule has 0 unspecified atom stereocenters. The predicted molar refractivity (Wildman–Crippen MR) is 62.0 cm³/mol. The minimum atomic E-state index is 0.296. The Kier molecular flexibility index (Phi) is 6.66. The van der Waals surface area contributed by atoms with Gasteiger partial charge in [-0.2, -0.15) is 0 Å². The third-order valence-electron chi connectivity index (χ3n) is 3.08. The summed E-state index contributed by atoms with van der Waals surface area (Å²) >= 11 is 0. The first-order valence-corrected chi connectivity index (χ1v) is 6.40. The molecule has 1 aliphatic carbocycles. The fourth-order valence-electron chi connectivity index (χ4n) is 2.13. The molecule has 0 aromatic rings. The highest BCUT2D eigenvalue weighted by Crippen LogP contribution is 2.19. The van der Waals surface area contributed by atoms with E-state index in [1.807, 2.05) is 0 Å². The molecule has 1 aliphatic rings. The largest absolute Gasteiger partial charge is 0.378 e. The summed E-state index contributed by atoms with van der Waals surface area (Å²) in [6.45, 7) is 2.50. The molecular formula is C13H24O2. The zero-order valence-corrected chi connectivity index (χ0v) is 9.96. The molecular weight excluding hydrogens is 188 g/mol. The monoisotopic (exact) mass is 212 g/mol. The number of Topliss-reactive ketones (excluding diaryl/α,β-unsaturated/α-hetero) is 1. The minimum Gasteiger partial charge on any atom is -0.378 e. The van der Waals surface area contributed by atoms with E-state index < -0.39 is 0 Å². The lowest BCUT2D eigenvalue weighted by Crippen LogP contribution is -2.12. The number of rotatable bonds is 6. The van der Waals surface area contributed by atoms with Crippen molar-refractivity contribution in [1.82, 2.24) is 0 Å².